The number of amides is 1. The van der Waals surface area contributed by atoms with E-state index in [0.717, 1.165) is 35.7 Å². The molecule has 0 radical (unpaired) electrons. The molecule has 2 aromatic heterocycles. The topological polar surface area (TPSA) is 117 Å². The zero-order valence-electron chi connectivity index (χ0n) is 16.8. The van der Waals surface area contributed by atoms with Crippen LogP contribution in [0, 0.1) is 0 Å². The normalized spacial score (nSPS) is 11.1. The molecule has 0 saturated carbocycles. The Bertz CT molecular complexity index is 1130. The fraction of sp³-hybridized carbons (Fsp3) is 0.381. The predicted octanol–water partition coefficient (Wildman–Crippen LogP) is 2.39. The van der Waals surface area contributed by atoms with Crippen LogP contribution in [0.1, 0.15) is 38.2 Å². The standard InChI is InChI=1S/C21H27N5O3/c1-3-4-12-26-19(22)18(20(28)24-21(26)29)25(2)17(27)11-7-8-14-13-23-16-10-6-5-9-15(14)16/h5-6,9-10,13,23H,3-4,7-8,11-12,22H2,1-2H3,(H,24,28,29). The lowest BCUT2D eigenvalue weighted by molar-refractivity contribution is -0.118. The summed E-state index contributed by atoms with van der Waals surface area (Å²) in [5.41, 5.74) is 7.13. The first-order chi connectivity index (χ1) is 13.9. The van der Waals surface area contributed by atoms with E-state index in [-0.39, 0.29) is 23.8 Å². The zero-order chi connectivity index (χ0) is 21.0. The number of anilines is 2. The van der Waals surface area contributed by atoms with Gasteiger partial charge >= 0.3 is 5.69 Å². The first-order valence-electron chi connectivity index (χ1n) is 9.88. The van der Waals surface area contributed by atoms with Gasteiger partial charge in [-0.3, -0.25) is 19.1 Å². The first-order valence-corrected chi connectivity index (χ1v) is 9.88. The van der Waals surface area contributed by atoms with Crippen LogP contribution in [0.15, 0.2) is 40.1 Å². The van der Waals surface area contributed by atoms with Crippen molar-refractivity contribution in [2.45, 2.75) is 45.6 Å². The molecule has 0 fully saturated rings. The Kier molecular flexibility index (Phi) is 6.21. The second-order valence-electron chi connectivity index (χ2n) is 7.16. The van der Waals surface area contributed by atoms with Gasteiger partial charge in [0.05, 0.1) is 0 Å². The highest BCUT2D eigenvalue weighted by molar-refractivity contribution is 5.95. The van der Waals surface area contributed by atoms with E-state index >= 15 is 0 Å². The van der Waals surface area contributed by atoms with E-state index < -0.39 is 11.2 Å². The highest BCUT2D eigenvalue weighted by Gasteiger charge is 2.20. The Labute approximate surface area is 168 Å². The number of nitrogen functional groups attached to an aromatic ring is 1. The predicted molar refractivity (Wildman–Crippen MR) is 115 cm³/mol. The van der Waals surface area contributed by atoms with Crippen LogP contribution in [0.4, 0.5) is 11.5 Å². The molecule has 1 amide bonds. The molecule has 0 spiro atoms. The lowest BCUT2D eigenvalue weighted by Gasteiger charge is -2.20. The van der Waals surface area contributed by atoms with Gasteiger partial charge in [0.15, 0.2) is 5.69 Å². The second-order valence-corrected chi connectivity index (χ2v) is 7.16. The lowest BCUT2D eigenvalue weighted by Crippen LogP contribution is -2.39. The second kappa shape index (κ2) is 8.81. The van der Waals surface area contributed by atoms with Crippen molar-refractivity contribution in [3.05, 3.63) is 56.9 Å². The van der Waals surface area contributed by atoms with Crippen molar-refractivity contribution in [3.8, 4) is 0 Å². The number of aryl methyl sites for hydroxylation is 1. The minimum Gasteiger partial charge on any atom is -0.383 e. The number of nitrogens with one attached hydrogen (secondary N) is 2. The molecule has 0 aliphatic rings. The number of aromatic amines is 2. The van der Waals surface area contributed by atoms with E-state index in [4.69, 9.17) is 5.73 Å². The van der Waals surface area contributed by atoms with E-state index in [2.05, 4.69) is 16.0 Å². The van der Waals surface area contributed by atoms with Gasteiger partial charge in [0.1, 0.15) is 5.82 Å². The lowest BCUT2D eigenvalue weighted by atomic mass is 10.1. The maximum atomic E-state index is 12.7. The molecule has 3 aromatic rings. The Morgan fingerprint density at radius 3 is 2.72 bits per heavy atom. The molecule has 154 valence electrons. The molecular weight excluding hydrogens is 370 g/mol. The molecule has 0 aliphatic carbocycles. The van der Waals surface area contributed by atoms with Gasteiger partial charge in [-0.05, 0) is 30.9 Å². The highest BCUT2D eigenvalue weighted by Crippen LogP contribution is 2.21. The molecule has 3 rings (SSSR count). The summed E-state index contributed by atoms with van der Waals surface area (Å²) >= 11 is 0. The summed E-state index contributed by atoms with van der Waals surface area (Å²) in [6, 6.07) is 8.03. The number of benzene rings is 1. The number of unbranched alkanes of at least 4 members (excludes halogenated alkanes) is 1. The van der Waals surface area contributed by atoms with Gasteiger partial charge in [0, 0.05) is 37.1 Å². The Morgan fingerprint density at radius 2 is 1.97 bits per heavy atom. The summed E-state index contributed by atoms with van der Waals surface area (Å²) < 4.78 is 1.32. The van der Waals surface area contributed by atoms with Crippen LogP contribution < -0.4 is 21.9 Å². The third-order valence-corrected chi connectivity index (χ3v) is 5.17. The van der Waals surface area contributed by atoms with Crippen LogP contribution >= 0.6 is 0 Å². The number of carbonyl (C=O) groups is 1. The number of nitrogens with zero attached hydrogens (tertiary/aromatic N) is 2. The number of hydrogen-bond donors (Lipinski definition) is 3. The van der Waals surface area contributed by atoms with Crippen LogP contribution in [-0.2, 0) is 17.8 Å². The van der Waals surface area contributed by atoms with Crippen molar-refractivity contribution < 1.29 is 4.79 Å². The van der Waals surface area contributed by atoms with E-state index in [1.165, 1.54) is 16.5 Å². The number of hydrogen-bond acceptors (Lipinski definition) is 4. The molecule has 0 aliphatic heterocycles. The minimum atomic E-state index is -0.646. The summed E-state index contributed by atoms with van der Waals surface area (Å²) in [6.07, 6.45) is 5.23. The maximum Gasteiger partial charge on any atom is 0.330 e. The van der Waals surface area contributed by atoms with Gasteiger partial charge in [-0.1, -0.05) is 31.5 Å². The summed E-state index contributed by atoms with van der Waals surface area (Å²) in [7, 11) is 1.52. The van der Waals surface area contributed by atoms with Crippen molar-refractivity contribution in [3.63, 3.8) is 0 Å². The molecule has 1 aromatic carbocycles. The Morgan fingerprint density at radius 1 is 1.21 bits per heavy atom. The van der Waals surface area contributed by atoms with Gasteiger partial charge in [0.2, 0.25) is 5.91 Å². The van der Waals surface area contributed by atoms with Crippen molar-refractivity contribution in [2.75, 3.05) is 17.7 Å². The first kappa shape index (κ1) is 20.4. The number of para-hydroxylation sites is 1. The summed E-state index contributed by atoms with van der Waals surface area (Å²) in [4.78, 5) is 43.8. The molecule has 8 nitrogen and oxygen atoms in total. The average Bonchev–Trinajstić information content (AvgIpc) is 3.10. The van der Waals surface area contributed by atoms with E-state index in [0.29, 0.717) is 13.0 Å². The average molecular weight is 397 g/mol. The van der Waals surface area contributed by atoms with E-state index in [9.17, 15) is 14.4 Å². The molecule has 8 heteroatoms. The summed E-state index contributed by atoms with van der Waals surface area (Å²) in [5, 5.41) is 1.15. The van der Waals surface area contributed by atoms with Crippen LogP contribution in [0.5, 0.6) is 0 Å². The molecule has 0 saturated heterocycles. The number of fused-ring (bicyclic) bond motifs is 1. The highest BCUT2D eigenvalue weighted by atomic mass is 16.2. The number of H-pyrrole nitrogens is 2. The summed E-state index contributed by atoms with van der Waals surface area (Å²) in [5.74, 6) is -0.192. The molecule has 0 unspecified atom stereocenters. The smallest absolute Gasteiger partial charge is 0.330 e. The molecule has 0 bridgehead atoms. The number of nitrogens with two attached hydrogens (primary N) is 1. The van der Waals surface area contributed by atoms with Crippen LogP contribution in [0.2, 0.25) is 0 Å². The van der Waals surface area contributed by atoms with Gasteiger partial charge < -0.3 is 15.6 Å². The SMILES string of the molecule is CCCCn1c(N)c(N(C)C(=O)CCCc2c[nH]c3ccccc23)c(=O)[nH]c1=O. The third-order valence-electron chi connectivity index (χ3n) is 5.17. The van der Waals surface area contributed by atoms with Crippen molar-refractivity contribution >= 4 is 28.3 Å². The van der Waals surface area contributed by atoms with Gasteiger partial charge in [0.25, 0.3) is 5.56 Å². The van der Waals surface area contributed by atoms with Crippen molar-refractivity contribution in [2.24, 2.45) is 0 Å². The third kappa shape index (κ3) is 4.26. The maximum absolute atomic E-state index is 12.7. The molecular formula is C21H27N5O3. The van der Waals surface area contributed by atoms with Crippen molar-refractivity contribution in [1.29, 1.82) is 0 Å². The number of rotatable bonds is 8. The minimum absolute atomic E-state index is 0.0257. The van der Waals surface area contributed by atoms with Crippen LogP contribution in [0.25, 0.3) is 10.9 Å². The number of carbonyl (C=O) groups excluding carboxylic acids is 1. The zero-order valence-corrected chi connectivity index (χ0v) is 16.8. The largest absolute Gasteiger partial charge is 0.383 e. The molecule has 2 heterocycles. The van der Waals surface area contributed by atoms with E-state index in [1.54, 1.807) is 0 Å². The van der Waals surface area contributed by atoms with Gasteiger partial charge in [-0.2, -0.15) is 0 Å². The fourth-order valence-corrected chi connectivity index (χ4v) is 3.50. The summed E-state index contributed by atoms with van der Waals surface area (Å²) in [6.45, 7) is 2.39. The van der Waals surface area contributed by atoms with Crippen molar-refractivity contribution in [1.82, 2.24) is 14.5 Å². The number of aromatic nitrogens is 3. The van der Waals surface area contributed by atoms with Gasteiger partial charge in [-0.25, -0.2) is 4.79 Å². The Balaban J connectivity index is 1.71. The Hall–Kier alpha value is -3.29. The van der Waals surface area contributed by atoms with E-state index in [1.807, 2.05) is 31.3 Å². The van der Waals surface area contributed by atoms with Gasteiger partial charge in [-0.15, -0.1) is 0 Å². The fourth-order valence-electron chi connectivity index (χ4n) is 3.50. The molecule has 0 atom stereocenters. The molecule has 4 N–H and O–H groups in total. The van der Waals surface area contributed by atoms with Crippen LogP contribution in [-0.4, -0.2) is 27.5 Å². The van der Waals surface area contributed by atoms with Crippen LogP contribution in [0.3, 0.4) is 0 Å². The monoisotopic (exact) mass is 397 g/mol. The molecule has 29 heavy (non-hydrogen) atoms. The quantitative estimate of drug-likeness (QED) is 0.541.